The Hall–Kier alpha value is -3.31. The van der Waals surface area contributed by atoms with Crippen LogP contribution in [0.4, 0.5) is 5.69 Å². The van der Waals surface area contributed by atoms with E-state index in [0.29, 0.717) is 41.4 Å². The molecule has 3 aromatic carbocycles. The molecule has 0 fully saturated rings. The van der Waals surface area contributed by atoms with Gasteiger partial charge in [0.15, 0.2) is 11.5 Å². The Balaban J connectivity index is 1.63. The summed E-state index contributed by atoms with van der Waals surface area (Å²) in [6.07, 6.45) is 0.785. The van der Waals surface area contributed by atoms with Crippen LogP contribution in [0.2, 0.25) is 0 Å². The molecule has 0 saturated carbocycles. The molecule has 1 amide bonds. The molecule has 180 valence electrons. The molecule has 3 aromatic rings. The van der Waals surface area contributed by atoms with Crippen LogP contribution in [0.3, 0.4) is 0 Å². The van der Waals surface area contributed by atoms with Crippen LogP contribution in [-0.4, -0.2) is 43.2 Å². The second-order valence-electron chi connectivity index (χ2n) is 8.96. The summed E-state index contributed by atoms with van der Waals surface area (Å²) in [4.78, 5) is 15.3. The summed E-state index contributed by atoms with van der Waals surface area (Å²) in [5.41, 5.74) is 3.59. The average Bonchev–Trinajstić information content (AvgIpc) is 2.82. The number of hydrogen-bond acceptors (Lipinski definition) is 4. The van der Waals surface area contributed by atoms with Crippen molar-refractivity contribution in [1.29, 1.82) is 0 Å². The van der Waals surface area contributed by atoms with Crippen molar-refractivity contribution in [3.63, 3.8) is 0 Å². The summed E-state index contributed by atoms with van der Waals surface area (Å²) in [5, 5.41) is 2.97. The molecule has 0 saturated heterocycles. The minimum atomic E-state index is -0.157. The van der Waals surface area contributed by atoms with Gasteiger partial charge in [-0.3, -0.25) is 9.69 Å². The first-order chi connectivity index (χ1) is 16.4. The highest BCUT2D eigenvalue weighted by atomic mass is 16.5. The molecule has 5 nitrogen and oxygen atoms in total. The Morgan fingerprint density at radius 3 is 2.24 bits per heavy atom. The minimum absolute atomic E-state index is 0.157. The number of ether oxygens (including phenoxy) is 2. The summed E-state index contributed by atoms with van der Waals surface area (Å²) < 4.78 is 11.5. The predicted molar refractivity (Wildman–Crippen MR) is 139 cm³/mol. The van der Waals surface area contributed by atoms with E-state index in [1.54, 1.807) is 13.2 Å². The molecule has 0 heterocycles. The lowest BCUT2D eigenvalue weighted by Crippen LogP contribution is -2.39. The largest absolute Gasteiger partial charge is 0.493 e. The molecule has 0 aliphatic carbocycles. The van der Waals surface area contributed by atoms with E-state index in [1.165, 1.54) is 5.56 Å². The molecule has 3 rings (SSSR count). The number of nitrogens with zero attached hydrogens (tertiary/aromatic N) is 1. The van der Waals surface area contributed by atoms with Crippen LogP contribution in [0.25, 0.3) is 0 Å². The number of hydrogen-bond donors (Lipinski definition) is 1. The van der Waals surface area contributed by atoms with Crippen molar-refractivity contribution in [2.45, 2.75) is 46.2 Å². The monoisotopic (exact) mass is 460 g/mol. The van der Waals surface area contributed by atoms with Crippen LogP contribution in [0.1, 0.15) is 49.2 Å². The van der Waals surface area contributed by atoms with E-state index in [1.807, 2.05) is 54.6 Å². The fourth-order valence-corrected chi connectivity index (χ4v) is 4.10. The van der Waals surface area contributed by atoms with Crippen LogP contribution < -0.4 is 14.8 Å². The molecule has 0 atom stereocenters. The van der Waals surface area contributed by atoms with Crippen molar-refractivity contribution >= 4 is 11.6 Å². The second-order valence-corrected chi connectivity index (χ2v) is 8.96. The number of amides is 1. The average molecular weight is 461 g/mol. The zero-order valence-corrected chi connectivity index (χ0v) is 20.9. The Morgan fingerprint density at radius 2 is 1.56 bits per heavy atom. The summed E-state index contributed by atoms with van der Waals surface area (Å²) in [7, 11) is 1.61. The highest BCUT2D eigenvalue weighted by molar-refractivity contribution is 6.04. The fourth-order valence-electron chi connectivity index (χ4n) is 4.10. The highest BCUT2D eigenvalue weighted by Crippen LogP contribution is 2.30. The third-order valence-electron chi connectivity index (χ3n) is 5.80. The van der Waals surface area contributed by atoms with Crippen LogP contribution in [-0.2, 0) is 6.42 Å². The van der Waals surface area contributed by atoms with Crippen LogP contribution in [0, 0.1) is 0 Å². The molecule has 0 aliphatic heterocycles. The molecule has 5 heteroatoms. The summed E-state index contributed by atoms with van der Waals surface area (Å²) in [6.45, 7) is 10.2. The Bertz CT molecular complexity index is 1060. The smallest absolute Gasteiger partial charge is 0.255 e. The second kappa shape index (κ2) is 12.2. The van der Waals surface area contributed by atoms with E-state index in [4.69, 9.17) is 9.47 Å². The molecule has 1 N–H and O–H groups in total. The lowest BCUT2D eigenvalue weighted by molar-refractivity contribution is 0.102. The lowest BCUT2D eigenvalue weighted by Gasteiger charge is -2.30. The van der Waals surface area contributed by atoms with Gasteiger partial charge in [-0.25, -0.2) is 0 Å². The van der Waals surface area contributed by atoms with Gasteiger partial charge in [0, 0.05) is 35.9 Å². The fraction of sp³-hybridized carbons (Fsp3) is 0.345. The zero-order valence-electron chi connectivity index (χ0n) is 20.9. The number of anilines is 1. The summed E-state index contributed by atoms with van der Waals surface area (Å²) in [5.74, 6) is 1.10. The Labute approximate surface area is 203 Å². The van der Waals surface area contributed by atoms with Crippen molar-refractivity contribution in [3.05, 3.63) is 89.5 Å². The standard InChI is InChI=1S/C29H36N2O3/c1-21(2)31(22(3)4)16-17-34-27-15-14-26(20-28(27)33-5)30-29(32)25-13-9-12-24(19-25)18-23-10-7-6-8-11-23/h6-15,19-22H,16-18H2,1-5H3,(H,30,32). The SMILES string of the molecule is COc1cc(NC(=O)c2cccc(Cc3ccccc3)c2)ccc1OCCN(C(C)C)C(C)C. The van der Waals surface area contributed by atoms with Gasteiger partial charge in [-0.05, 0) is 69.5 Å². The van der Waals surface area contributed by atoms with Gasteiger partial charge in [-0.15, -0.1) is 0 Å². The zero-order chi connectivity index (χ0) is 24.5. The van der Waals surface area contributed by atoms with E-state index in [-0.39, 0.29) is 5.91 Å². The highest BCUT2D eigenvalue weighted by Gasteiger charge is 2.14. The first-order valence-electron chi connectivity index (χ1n) is 11.9. The molecule has 0 unspecified atom stereocenters. The Kier molecular flexibility index (Phi) is 9.11. The third kappa shape index (κ3) is 7.09. The third-order valence-corrected chi connectivity index (χ3v) is 5.80. The van der Waals surface area contributed by atoms with Crippen molar-refractivity contribution in [1.82, 2.24) is 4.90 Å². The molecule has 0 aliphatic rings. The molecular formula is C29H36N2O3. The van der Waals surface area contributed by atoms with E-state index < -0.39 is 0 Å². The van der Waals surface area contributed by atoms with E-state index >= 15 is 0 Å². The van der Waals surface area contributed by atoms with E-state index in [2.05, 4.69) is 50.0 Å². The molecule has 0 aromatic heterocycles. The Morgan fingerprint density at radius 1 is 0.853 bits per heavy atom. The van der Waals surface area contributed by atoms with Crippen molar-refractivity contribution < 1.29 is 14.3 Å². The number of carbonyl (C=O) groups excluding carboxylic acids is 1. The first kappa shape index (κ1) is 25.3. The van der Waals surface area contributed by atoms with Gasteiger partial charge >= 0.3 is 0 Å². The topological polar surface area (TPSA) is 50.8 Å². The molecule has 34 heavy (non-hydrogen) atoms. The van der Waals surface area contributed by atoms with Gasteiger partial charge in [-0.1, -0.05) is 42.5 Å². The number of benzene rings is 3. The number of carbonyl (C=O) groups is 1. The summed E-state index contributed by atoms with van der Waals surface area (Å²) in [6, 6.07) is 24.3. The molecular weight excluding hydrogens is 424 g/mol. The number of methoxy groups -OCH3 is 1. The maximum absolute atomic E-state index is 12.9. The van der Waals surface area contributed by atoms with Crippen molar-refractivity contribution in [2.75, 3.05) is 25.6 Å². The van der Waals surface area contributed by atoms with Gasteiger partial charge in [-0.2, -0.15) is 0 Å². The van der Waals surface area contributed by atoms with Gasteiger partial charge in [0.1, 0.15) is 6.61 Å². The maximum atomic E-state index is 12.9. The lowest BCUT2D eigenvalue weighted by atomic mass is 10.0. The minimum Gasteiger partial charge on any atom is -0.493 e. The molecule has 0 radical (unpaired) electrons. The van der Waals surface area contributed by atoms with Gasteiger partial charge in [0.2, 0.25) is 0 Å². The van der Waals surface area contributed by atoms with Gasteiger partial charge < -0.3 is 14.8 Å². The van der Waals surface area contributed by atoms with Crippen LogP contribution in [0.15, 0.2) is 72.8 Å². The molecule has 0 bridgehead atoms. The van der Waals surface area contributed by atoms with Gasteiger partial charge in [0.25, 0.3) is 5.91 Å². The first-order valence-corrected chi connectivity index (χ1v) is 11.9. The maximum Gasteiger partial charge on any atom is 0.255 e. The van der Waals surface area contributed by atoms with Crippen molar-refractivity contribution in [2.24, 2.45) is 0 Å². The van der Waals surface area contributed by atoms with Crippen LogP contribution in [0.5, 0.6) is 11.5 Å². The van der Waals surface area contributed by atoms with Crippen molar-refractivity contribution in [3.8, 4) is 11.5 Å². The number of rotatable bonds is 11. The molecule has 0 spiro atoms. The summed E-state index contributed by atoms with van der Waals surface area (Å²) >= 11 is 0. The van der Waals surface area contributed by atoms with Crippen LogP contribution >= 0.6 is 0 Å². The number of nitrogens with one attached hydrogen (secondary N) is 1. The van der Waals surface area contributed by atoms with E-state index in [9.17, 15) is 4.79 Å². The van der Waals surface area contributed by atoms with E-state index in [0.717, 1.165) is 18.5 Å². The quantitative estimate of drug-likeness (QED) is 0.379. The van der Waals surface area contributed by atoms with Gasteiger partial charge in [0.05, 0.1) is 7.11 Å². The predicted octanol–water partition coefficient (Wildman–Crippen LogP) is 6.04. The normalized spacial score (nSPS) is 11.2.